The number of carbonyl (C=O) groups excluding carboxylic acids is 2. The first-order valence-corrected chi connectivity index (χ1v) is 6.19. The molecule has 94 valence electrons. The molecule has 0 saturated carbocycles. The van der Waals surface area contributed by atoms with Gasteiger partial charge in [-0.15, -0.1) is 0 Å². The van der Waals surface area contributed by atoms with E-state index in [4.69, 9.17) is 4.74 Å². The minimum atomic E-state index is -0.811. The molecule has 0 aromatic heterocycles. The van der Waals surface area contributed by atoms with Gasteiger partial charge in [-0.25, -0.2) is 4.39 Å². The first kappa shape index (κ1) is 12.3. The van der Waals surface area contributed by atoms with Crippen LogP contribution >= 0.6 is 0 Å². The van der Waals surface area contributed by atoms with Gasteiger partial charge < -0.3 is 4.74 Å². The number of allylic oxidation sites excluding steroid dienone is 2. The number of rotatable bonds is 2. The summed E-state index contributed by atoms with van der Waals surface area (Å²) in [6, 6.07) is 0. The summed E-state index contributed by atoms with van der Waals surface area (Å²) in [6.07, 6.45) is 1.60. The average molecular weight is 240 g/mol. The molecule has 0 heterocycles. The monoisotopic (exact) mass is 240 g/mol. The summed E-state index contributed by atoms with van der Waals surface area (Å²) >= 11 is 0. The molecule has 4 heteroatoms. The lowest BCUT2D eigenvalue weighted by Gasteiger charge is -2.10. The molecule has 17 heavy (non-hydrogen) atoms. The van der Waals surface area contributed by atoms with Crippen LogP contribution in [0.3, 0.4) is 0 Å². The van der Waals surface area contributed by atoms with Gasteiger partial charge in [0.1, 0.15) is 12.1 Å². The van der Waals surface area contributed by atoms with Crippen LogP contribution in [0.4, 0.5) is 4.39 Å². The average Bonchev–Trinajstić information content (AvgIpc) is 2.48. The van der Waals surface area contributed by atoms with Gasteiger partial charge >= 0.3 is 5.97 Å². The van der Waals surface area contributed by atoms with Crippen LogP contribution in [0.25, 0.3) is 0 Å². The topological polar surface area (TPSA) is 43.4 Å². The van der Waals surface area contributed by atoms with E-state index in [1.165, 1.54) is 0 Å². The van der Waals surface area contributed by atoms with Crippen LogP contribution in [0.2, 0.25) is 0 Å². The standard InChI is InChI=1S/C13H17FO3/c1-2-17-13(16)11-7-8-3-4-9(14)5-6-10(8)12(11)15/h9,11H,2-7H2,1H3. The molecule has 2 aliphatic carbocycles. The van der Waals surface area contributed by atoms with Crippen molar-refractivity contribution in [1.82, 2.24) is 0 Å². The Hall–Kier alpha value is -1.19. The summed E-state index contributed by atoms with van der Waals surface area (Å²) < 4.78 is 18.1. The van der Waals surface area contributed by atoms with Crippen molar-refractivity contribution in [3.63, 3.8) is 0 Å². The van der Waals surface area contributed by atoms with Crippen molar-refractivity contribution in [2.45, 2.75) is 45.2 Å². The van der Waals surface area contributed by atoms with E-state index < -0.39 is 18.1 Å². The molecular formula is C13H17FO3. The SMILES string of the molecule is CCOC(=O)C1CC2=C(CCC(F)CC2)C1=O. The molecular weight excluding hydrogens is 223 g/mol. The zero-order valence-electron chi connectivity index (χ0n) is 10.0. The smallest absolute Gasteiger partial charge is 0.317 e. The van der Waals surface area contributed by atoms with Gasteiger partial charge in [0, 0.05) is 0 Å². The van der Waals surface area contributed by atoms with Gasteiger partial charge in [-0.3, -0.25) is 9.59 Å². The van der Waals surface area contributed by atoms with Crippen molar-refractivity contribution in [1.29, 1.82) is 0 Å². The van der Waals surface area contributed by atoms with Gasteiger partial charge in [-0.05, 0) is 44.6 Å². The fourth-order valence-electron chi connectivity index (χ4n) is 2.61. The number of carbonyl (C=O) groups is 2. The molecule has 0 fully saturated rings. The van der Waals surface area contributed by atoms with Crippen molar-refractivity contribution in [2.75, 3.05) is 6.61 Å². The Morgan fingerprint density at radius 2 is 2.12 bits per heavy atom. The van der Waals surface area contributed by atoms with Crippen LogP contribution < -0.4 is 0 Å². The largest absolute Gasteiger partial charge is 0.465 e. The van der Waals surface area contributed by atoms with Crippen molar-refractivity contribution in [3.8, 4) is 0 Å². The Morgan fingerprint density at radius 3 is 2.82 bits per heavy atom. The molecule has 2 rings (SSSR count). The highest BCUT2D eigenvalue weighted by atomic mass is 19.1. The highest BCUT2D eigenvalue weighted by Gasteiger charge is 2.39. The third-order valence-corrected chi connectivity index (χ3v) is 3.53. The highest BCUT2D eigenvalue weighted by molar-refractivity contribution is 6.11. The second-order valence-electron chi connectivity index (χ2n) is 4.63. The third kappa shape index (κ3) is 2.40. The van der Waals surface area contributed by atoms with E-state index in [-0.39, 0.29) is 5.78 Å². The zero-order valence-corrected chi connectivity index (χ0v) is 10.0. The molecule has 0 saturated heterocycles. The number of hydrogen-bond donors (Lipinski definition) is 0. The Bertz CT molecular complexity index is 373. The van der Waals surface area contributed by atoms with Crippen LogP contribution in [0.15, 0.2) is 11.1 Å². The maximum Gasteiger partial charge on any atom is 0.317 e. The van der Waals surface area contributed by atoms with Gasteiger partial charge in [0.15, 0.2) is 5.78 Å². The van der Waals surface area contributed by atoms with E-state index in [9.17, 15) is 14.0 Å². The quantitative estimate of drug-likeness (QED) is 0.549. The van der Waals surface area contributed by atoms with Crippen LogP contribution in [0.5, 0.6) is 0 Å². The summed E-state index contributed by atoms with van der Waals surface area (Å²) in [6.45, 7) is 2.02. The molecule has 0 bridgehead atoms. The van der Waals surface area contributed by atoms with Gasteiger partial charge in [-0.2, -0.15) is 0 Å². The Morgan fingerprint density at radius 1 is 1.41 bits per heavy atom. The molecule has 0 N–H and O–H groups in total. The summed E-state index contributed by atoms with van der Waals surface area (Å²) in [7, 11) is 0. The second-order valence-corrected chi connectivity index (χ2v) is 4.63. The predicted molar refractivity (Wildman–Crippen MR) is 60.1 cm³/mol. The van der Waals surface area contributed by atoms with Crippen molar-refractivity contribution < 1.29 is 18.7 Å². The molecule has 0 aromatic rings. The maximum atomic E-state index is 13.2. The fraction of sp³-hybridized carbons (Fsp3) is 0.692. The molecule has 0 aliphatic heterocycles. The molecule has 0 radical (unpaired) electrons. The van der Waals surface area contributed by atoms with Gasteiger partial charge in [0.2, 0.25) is 0 Å². The number of Topliss-reactive ketones (excluding diaryl/α,β-unsaturated/α-hetero) is 1. The van der Waals surface area contributed by atoms with E-state index >= 15 is 0 Å². The van der Waals surface area contributed by atoms with Gasteiger partial charge in [-0.1, -0.05) is 5.57 Å². The van der Waals surface area contributed by atoms with E-state index in [0.717, 1.165) is 5.57 Å². The third-order valence-electron chi connectivity index (χ3n) is 3.53. The summed E-state index contributed by atoms with van der Waals surface area (Å²) in [5.41, 5.74) is 1.68. The number of hydrogen-bond acceptors (Lipinski definition) is 3. The molecule has 0 spiro atoms. The maximum absolute atomic E-state index is 13.2. The van der Waals surface area contributed by atoms with Crippen LogP contribution in [-0.4, -0.2) is 24.5 Å². The summed E-state index contributed by atoms with van der Waals surface area (Å²) in [4.78, 5) is 23.6. The number of esters is 1. The van der Waals surface area contributed by atoms with Crippen molar-refractivity contribution in [2.24, 2.45) is 5.92 Å². The molecule has 2 atom stereocenters. The number of halogens is 1. The van der Waals surface area contributed by atoms with Crippen molar-refractivity contribution >= 4 is 11.8 Å². The number of ether oxygens (including phenoxy) is 1. The van der Waals surface area contributed by atoms with Crippen molar-refractivity contribution in [3.05, 3.63) is 11.1 Å². The Labute approximate surface area is 100 Å². The second kappa shape index (κ2) is 4.98. The van der Waals surface area contributed by atoms with E-state index in [2.05, 4.69) is 0 Å². The Kier molecular flexibility index (Phi) is 3.60. The highest BCUT2D eigenvalue weighted by Crippen LogP contribution is 2.38. The number of alkyl halides is 1. The molecule has 3 nitrogen and oxygen atoms in total. The first-order chi connectivity index (χ1) is 8.13. The molecule has 2 aliphatic rings. The van der Waals surface area contributed by atoms with Crippen LogP contribution in [0, 0.1) is 5.92 Å². The van der Waals surface area contributed by atoms with Gasteiger partial charge in [0.25, 0.3) is 0 Å². The van der Waals surface area contributed by atoms with E-state index in [1.54, 1.807) is 6.92 Å². The minimum absolute atomic E-state index is 0.132. The molecule has 0 amide bonds. The van der Waals surface area contributed by atoms with E-state index in [0.29, 0.717) is 44.3 Å². The normalized spacial score (nSPS) is 28.9. The lowest BCUT2D eigenvalue weighted by molar-refractivity contribution is -0.150. The fourth-order valence-corrected chi connectivity index (χ4v) is 2.61. The predicted octanol–water partition coefficient (Wildman–Crippen LogP) is 2.35. The number of ketones is 1. The minimum Gasteiger partial charge on any atom is -0.465 e. The molecule has 2 unspecified atom stereocenters. The molecule has 0 aromatic carbocycles. The van der Waals surface area contributed by atoms with Crippen LogP contribution in [-0.2, 0) is 14.3 Å². The summed E-state index contributed by atoms with van der Waals surface area (Å²) in [5.74, 6) is -1.22. The lowest BCUT2D eigenvalue weighted by Crippen LogP contribution is -2.23. The first-order valence-electron chi connectivity index (χ1n) is 6.19. The summed E-state index contributed by atoms with van der Waals surface area (Å²) in [5, 5.41) is 0. The van der Waals surface area contributed by atoms with E-state index in [1.807, 2.05) is 0 Å². The lowest BCUT2D eigenvalue weighted by atomic mass is 10.00. The van der Waals surface area contributed by atoms with Gasteiger partial charge in [0.05, 0.1) is 6.61 Å². The zero-order chi connectivity index (χ0) is 12.4. The Balaban J connectivity index is 2.08. The van der Waals surface area contributed by atoms with Crippen LogP contribution in [0.1, 0.15) is 39.0 Å².